The molecule has 0 fully saturated rings. The number of methoxy groups -OCH3 is 2. The van der Waals surface area contributed by atoms with Crippen LogP contribution in [0.1, 0.15) is 43.9 Å². The molecule has 0 spiro atoms. The summed E-state index contributed by atoms with van der Waals surface area (Å²) >= 11 is 0. The summed E-state index contributed by atoms with van der Waals surface area (Å²) in [6.07, 6.45) is 2.08. The van der Waals surface area contributed by atoms with Gasteiger partial charge in [-0.3, -0.25) is 9.10 Å². The molecule has 2 aromatic rings. The van der Waals surface area contributed by atoms with Crippen LogP contribution in [0.5, 0.6) is 11.5 Å². The molecule has 2 atom stereocenters. The molecule has 2 unspecified atom stereocenters. The second kappa shape index (κ2) is 10.5. The monoisotopic (exact) mass is 448 g/mol. The van der Waals surface area contributed by atoms with E-state index in [2.05, 4.69) is 5.32 Å². The maximum absolute atomic E-state index is 13.3. The van der Waals surface area contributed by atoms with Crippen LogP contribution in [-0.4, -0.2) is 40.8 Å². The molecule has 2 rings (SSSR count). The molecule has 1 amide bonds. The van der Waals surface area contributed by atoms with Gasteiger partial charge in [-0.25, -0.2) is 8.42 Å². The van der Waals surface area contributed by atoms with Gasteiger partial charge in [-0.05, 0) is 49.1 Å². The van der Waals surface area contributed by atoms with Crippen molar-refractivity contribution in [3.63, 3.8) is 0 Å². The Kier molecular flexibility index (Phi) is 8.33. The summed E-state index contributed by atoms with van der Waals surface area (Å²) in [5.74, 6) is 0.940. The third-order valence-electron chi connectivity index (χ3n) is 5.18. The van der Waals surface area contributed by atoms with Crippen molar-refractivity contribution in [1.82, 2.24) is 5.32 Å². The van der Waals surface area contributed by atoms with E-state index < -0.39 is 16.1 Å². The number of anilines is 1. The van der Waals surface area contributed by atoms with Gasteiger partial charge in [-0.15, -0.1) is 0 Å². The average molecular weight is 449 g/mol. The highest BCUT2D eigenvalue weighted by molar-refractivity contribution is 7.92. The molecule has 2 aromatic carbocycles. The largest absolute Gasteiger partial charge is 0.497 e. The van der Waals surface area contributed by atoms with Crippen molar-refractivity contribution < 1.29 is 22.7 Å². The molecule has 170 valence electrons. The van der Waals surface area contributed by atoms with Gasteiger partial charge in [0.1, 0.15) is 17.5 Å². The van der Waals surface area contributed by atoms with Crippen molar-refractivity contribution in [3.8, 4) is 11.5 Å². The molecule has 0 heterocycles. The molecule has 8 heteroatoms. The number of nitrogens with one attached hydrogen (secondary N) is 1. The zero-order valence-electron chi connectivity index (χ0n) is 19.0. The quantitative estimate of drug-likeness (QED) is 0.597. The Bertz CT molecular complexity index is 1010. The Labute approximate surface area is 185 Å². The fraction of sp³-hybridized carbons (Fsp3) is 0.435. The van der Waals surface area contributed by atoms with Crippen LogP contribution in [0.2, 0.25) is 0 Å². The summed E-state index contributed by atoms with van der Waals surface area (Å²) in [4.78, 5) is 13.3. The minimum Gasteiger partial charge on any atom is -0.497 e. The SMILES string of the molecule is CCC(NC(=O)C(CC)N(c1cccc(OC)c1)S(C)(=O)=O)c1ccc(OC)c(C)c1. The molecule has 31 heavy (non-hydrogen) atoms. The first kappa shape index (κ1) is 24.5. The van der Waals surface area contributed by atoms with Crippen LogP contribution >= 0.6 is 0 Å². The minimum atomic E-state index is -3.72. The van der Waals surface area contributed by atoms with Crippen molar-refractivity contribution in [1.29, 1.82) is 0 Å². The Balaban J connectivity index is 2.37. The number of ether oxygens (including phenoxy) is 2. The summed E-state index contributed by atoms with van der Waals surface area (Å²) in [5.41, 5.74) is 2.29. The molecular formula is C23H32N2O5S. The molecule has 0 aliphatic heterocycles. The van der Waals surface area contributed by atoms with E-state index in [0.29, 0.717) is 24.3 Å². The first-order chi connectivity index (χ1) is 14.7. The van der Waals surface area contributed by atoms with Crippen molar-refractivity contribution >= 4 is 21.6 Å². The van der Waals surface area contributed by atoms with Gasteiger partial charge >= 0.3 is 0 Å². The van der Waals surface area contributed by atoms with E-state index >= 15 is 0 Å². The summed E-state index contributed by atoms with van der Waals surface area (Å²) < 4.78 is 37.0. The highest BCUT2D eigenvalue weighted by atomic mass is 32.2. The Morgan fingerprint density at radius 3 is 2.29 bits per heavy atom. The smallest absolute Gasteiger partial charge is 0.244 e. The van der Waals surface area contributed by atoms with Crippen LogP contribution in [0.3, 0.4) is 0 Å². The molecule has 0 aromatic heterocycles. The first-order valence-electron chi connectivity index (χ1n) is 10.2. The topological polar surface area (TPSA) is 84.9 Å². The minimum absolute atomic E-state index is 0.252. The molecule has 0 aliphatic carbocycles. The molecule has 0 radical (unpaired) electrons. The number of nitrogens with zero attached hydrogens (tertiary/aromatic N) is 1. The molecular weight excluding hydrogens is 416 g/mol. The summed E-state index contributed by atoms with van der Waals surface area (Å²) in [6.45, 7) is 5.71. The maximum Gasteiger partial charge on any atom is 0.244 e. The molecule has 0 saturated heterocycles. The van der Waals surface area contributed by atoms with Gasteiger partial charge in [0.2, 0.25) is 15.9 Å². The van der Waals surface area contributed by atoms with Gasteiger partial charge in [-0.1, -0.05) is 32.0 Å². The zero-order valence-corrected chi connectivity index (χ0v) is 19.8. The number of carbonyl (C=O) groups is 1. The molecule has 0 bridgehead atoms. The third-order valence-corrected chi connectivity index (χ3v) is 6.36. The molecule has 0 saturated carbocycles. The number of benzene rings is 2. The highest BCUT2D eigenvalue weighted by Crippen LogP contribution is 2.28. The van der Waals surface area contributed by atoms with Crippen molar-refractivity contribution in [3.05, 3.63) is 53.6 Å². The van der Waals surface area contributed by atoms with Crippen LogP contribution in [0, 0.1) is 6.92 Å². The van der Waals surface area contributed by atoms with Crippen molar-refractivity contribution in [2.45, 2.75) is 45.7 Å². The van der Waals surface area contributed by atoms with E-state index in [0.717, 1.165) is 27.4 Å². The summed E-state index contributed by atoms with van der Waals surface area (Å²) in [7, 11) is -0.595. The Hall–Kier alpha value is -2.74. The number of amides is 1. The van der Waals surface area contributed by atoms with Crippen molar-refractivity contribution in [2.24, 2.45) is 0 Å². The molecule has 1 N–H and O–H groups in total. The number of hydrogen-bond acceptors (Lipinski definition) is 5. The van der Waals surface area contributed by atoms with Gasteiger partial charge in [0.05, 0.1) is 32.2 Å². The van der Waals surface area contributed by atoms with E-state index in [1.165, 1.54) is 7.11 Å². The number of rotatable bonds is 10. The average Bonchev–Trinajstić information content (AvgIpc) is 2.74. The summed E-state index contributed by atoms with van der Waals surface area (Å²) in [5, 5.41) is 3.03. The summed E-state index contributed by atoms with van der Waals surface area (Å²) in [6, 6.07) is 11.3. The lowest BCUT2D eigenvalue weighted by Gasteiger charge is -2.31. The lowest BCUT2D eigenvalue weighted by Crippen LogP contribution is -2.50. The third kappa shape index (κ3) is 5.91. The molecule has 7 nitrogen and oxygen atoms in total. The maximum atomic E-state index is 13.3. The Morgan fingerprint density at radius 2 is 1.77 bits per heavy atom. The van der Waals surface area contributed by atoms with Crippen LogP contribution in [-0.2, 0) is 14.8 Å². The fourth-order valence-electron chi connectivity index (χ4n) is 3.62. The van der Waals surface area contributed by atoms with E-state index in [1.54, 1.807) is 38.3 Å². The number of carbonyl (C=O) groups excluding carboxylic acids is 1. The predicted octanol–water partition coefficient (Wildman–Crippen LogP) is 3.82. The lowest BCUT2D eigenvalue weighted by atomic mass is 10.0. The van der Waals surface area contributed by atoms with Gasteiger partial charge in [0.15, 0.2) is 0 Å². The van der Waals surface area contributed by atoms with Crippen LogP contribution in [0.25, 0.3) is 0 Å². The fourth-order valence-corrected chi connectivity index (χ4v) is 4.82. The first-order valence-corrected chi connectivity index (χ1v) is 12.1. The number of hydrogen-bond donors (Lipinski definition) is 1. The second-order valence-corrected chi connectivity index (χ2v) is 9.24. The number of aryl methyl sites for hydroxylation is 1. The zero-order chi connectivity index (χ0) is 23.2. The highest BCUT2D eigenvalue weighted by Gasteiger charge is 2.32. The van der Waals surface area contributed by atoms with E-state index in [9.17, 15) is 13.2 Å². The van der Waals surface area contributed by atoms with E-state index in [-0.39, 0.29) is 11.9 Å². The van der Waals surface area contributed by atoms with Gasteiger partial charge in [0, 0.05) is 6.07 Å². The van der Waals surface area contributed by atoms with Crippen LogP contribution in [0.15, 0.2) is 42.5 Å². The predicted molar refractivity (Wildman–Crippen MR) is 123 cm³/mol. The van der Waals surface area contributed by atoms with Gasteiger partial charge in [-0.2, -0.15) is 0 Å². The van der Waals surface area contributed by atoms with Gasteiger partial charge < -0.3 is 14.8 Å². The normalized spacial score (nSPS) is 13.2. The number of sulfonamides is 1. The second-order valence-electron chi connectivity index (χ2n) is 7.38. The van der Waals surface area contributed by atoms with Crippen molar-refractivity contribution in [2.75, 3.05) is 24.8 Å². The van der Waals surface area contributed by atoms with E-state index in [1.807, 2.05) is 32.0 Å². The molecule has 0 aliphatic rings. The van der Waals surface area contributed by atoms with Crippen LogP contribution < -0.4 is 19.1 Å². The van der Waals surface area contributed by atoms with Crippen LogP contribution in [0.4, 0.5) is 5.69 Å². The lowest BCUT2D eigenvalue weighted by molar-refractivity contribution is -0.123. The standard InChI is InChI=1S/C23H32N2O5S/c1-7-20(17-12-13-22(30-5)16(3)14-17)24-23(26)21(8-2)25(31(6,27)28)18-10-9-11-19(15-18)29-4/h9-15,20-21H,7-8H2,1-6H3,(H,24,26). The van der Waals surface area contributed by atoms with Gasteiger partial charge in [0.25, 0.3) is 0 Å². The Morgan fingerprint density at radius 1 is 1.06 bits per heavy atom. The van der Waals surface area contributed by atoms with E-state index in [4.69, 9.17) is 9.47 Å².